The van der Waals surface area contributed by atoms with Crippen molar-refractivity contribution < 1.29 is 9.72 Å². The second-order valence-electron chi connectivity index (χ2n) is 6.09. The molecular weight excluding hydrogens is 396 g/mol. The second kappa shape index (κ2) is 7.58. The fourth-order valence-corrected chi connectivity index (χ4v) is 4.53. The van der Waals surface area contributed by atoms with Crippen molar-refractivity contribution in [1.82, 2.24) is 4.98 Å². The highest BCUT2D eigenvalue weighted by molar-refractivity contribution is 8.00. The summed E-state index contributed by atoms with van der Waals surface area (Å²) < 4.78 is 0. The first kappa shape index (κ1) is 18.4. The Hall–Kier alpha value is -2.96. The first-order valence-electron chi connectivity index (χ1n) is 8.42. The molecule has 5 nitrogen and oxygen atoms in total. The summed E-state index contributed by atoms with van der Waals surface area (Å²) in [5.74, 6) is 0.160. The Bertz CT molecular complexity index is 1230. The fourth-order valence-electron chi connectivity index (χ4n) is 3.03. The van der Waals surface area contributed by atoms with Crippen LogP contribution in [0.1, 0.15) is 10.4 Å². The van der Waals surface area contributed by atoms with Crippen LogP contribution in [0.5, 0.6) is 0 Å². The highest BCUT2D eigenvalue weighted by atomic mass is 35.5. The smallest absolute Gasteiger partial charge is 0.288 e. The van der Waals surface area contributed by atoms with Crippen LogP contribution < -0.4 is 0 Å². The molecule has 0 radical (unpaired) electrons. The van der Waals surface area contributed by atoms with Gasteiger partial charge in [0.05, 0.1) is 21.7 Å². The average molecular weight is 409 g/mol. The molecule has 3 aromatic carbocycles. The molecule has 0 bridgehead atoms. The number of hydrogen-bond donors (Lipinski definition) is 0. The van der Waals surface area contributed by atoms with E-state index < -0.39 is 4.92 Å². The SMILES string of the molecule is O=C(CSc1c2ccccc2nc2ccc([N+](=O)[O-])c(Cl)c12)c1ccccc1. The van der Waals surface area contributed by atoms with E-state index in [-0.39, 0.29) is 22.2 Å². The standard InChI is InChI=1S/C21H13ClN2O3S/c22-20-17(24(26)27)11-10-16-19(20)21(14-8-4-5-9-15(14)23-16)28-12-18(25)13-6-2-1-3-7-13/h1-11H,12H2. The predicted molar refractivity (Wildman–Crippen MR) is 112 cm³/mol. The largest absolute Gasteiger partial charge is 0.293 e. The number of hydrogen-bond acceptors (Lipinski definition) is 5. The molecule has 0 saturated heterocycles. The third-order valence-corrected chi connectivity index (χ3v) is 5.86. The number of nitro benzene ring substituents is 1. The maximum Gasteiger partial charge on any atom is 0.288 e. The van der Waals surface area contributed by atoms with Crippen molar-refractivity contribution in [2.45, 2.75) is 4.90 Å². The van der Waals surface area contributed by atoms with Crippen LogP contribution in [0.25, 0.3) is 21.8 Å². The highest BCUT2D eigenvalue weighted by Crippen LogP contribution is 2.41. The Labute approximate surface area is 169 Å². The zero-order chi connectivity index (χ0) is 19.7. The Balaban J connectivity index is 1.87. The number of rotatable bonds is 5. The number of pyridine rings is 1. The van der Waals surface area contributed by atoms with Gasteiger partial charge in [-0.3, -0.25) is 14.9 Å². The Kier molecular flexibility index (Phi) is 4.98. The number of para-hydroxylation sites is 1. The molecule has 0 saturated carbocycles. The lowest BCUT2D eigenvalue weighted by Gasteiger charge is -2.12. The van der Waals surface area contributed by atoms with Gasteiger partial charge < -0.3 is 0 Å². The van der Waals surface area contributed by atoms with Crippen LogP contribution in [-0.4, -0.2) is 21.4 Å². The van der Waals surface area contributed by atoms with Gasteiger partial charge in [0.15, 0.2) is 5.78 Å². The number of fused-ring (bicyclic) bond motifs is 2. The summed E-state index contributed by atoms with van der Waals surface area (Å²) in [7, 11) is 0. The van der Waals surface area contributed by atoms with Crippen molar-refractivity contribution in [2.24, 2.45) is 0 Å². The molecule has 7 heteroatoms. The molecule has 0 aliphatic carbocycles. The Morgan fingerprint density at radius 2 is 1.71 bits per heavy atom. The van der Waals surface area contributed by atoms with Crippen LogP contribution in [0.15, 0.2) is 71.6 Å². The van der Waals surface area contributed by atoms with E-state index in [0.717, 1.165) is 15.8 Å². The van der Waals surface area contributed by atoms with E-state index in [1.54, 1.807) is 18.2 Å². The summed E-state index contributed by atoms with van der Waals surface area (Å²) in [6.45, 7) is 0. The molecular formula is C21H13ClN2O3S. The summed E-state index contributed by atoms with van der Waals surface area (Å²) in [6, 6.07) is 19.5. The minimum Gasteiger partial charge on any atom is -0.293 e. The summed E-state index contributed by atoms with van der Waals surface area (Å²) in [5.41, 5.74) is 1.75. The summed E-state index contributed by atoms with van der Waals surface area (Å²) in [6.07, 6.45) is 0. The topological polar surface area (TPSA) is 73.1 Å². The fraction of sp³-hybridized carbons (Fsp3) is 0.0476. The normalized spacial score (nSPS) is 11.0. The first-order valence-corrected chi connectivity index (χ1v) is 9.79. The summed E-state index contributed by atoms with van der Waals surface area (Å²) in [4.78, 5) is 28.7. The van der Waals surface area contributed by atoms with Crippen molar-refractivity contribution in [1.29, 1.82) is 0 Å². The molecule has 28 heavy (non-hydrogen) atoms. The van der Waals surface area contributed by atoms with E-state index in [1.165, 1.54) is 17.8 Å². The quantitative estimate of drug-likeness (QED) is 0.135. The number of Topliss-reactive ketones (excluding diaryl/α,β-unsaturated/α-hetero) is 1. The monoisotopic (exact) mass is 408 g/mol. The number of aromatic nitrogens is 1. The lowest BCUT2D eigenvalue weighted by atomic mass is 10.1. The van der Waals surface area contributed by atoms with Crippen molar-refractivity contribution in [3.05, 3.63) is 87.4 Å². The van der Waals surface area contributed by atoms with E-state index in [2.05, 4.69) is 4.98 Å². The minimum absolute atomic E-state index is 0.0267. The number of ketones is 1. The maximum atomic E-state index is 12.6. The van der Waals surface area contributed by atoms with Crippen LogP contribution in [0, 0.1) is 10.1 Å². The van der Waals surface area contributed by atoms with Crippen LogP contribution in [0.4, 0.5) is 5.69 Å². The average Bonchev–Trinajstić information content (AvgIpc) is 2.71. The molecule has 0 spiro atoms. The molecule has 0 aliphatic rings. The number of benzene rings is 3. The van der Waals surface area contributed by atoms with E-state index in [4.69, 9.17) is 11.6 Å². The van der Waals surface area contributed by atoms with Gasteiger partial charge in [0.25, 0.3) is 5.69 Å². The van der Waals surface area contributed by atoms with E-state index in [0.29, 0.717) is 16.5 Å². The molecule has 0 amide bonds. The second-order valence-corrected chi connectivity index (χ2v) is 7.45. The number of nitro groups is 1. The molecule has 1 aromatic heterocycles. The molecule has 138 valence electrons. The lowest BCUT2D eigenvalue weighted by Crippen LogP contribution is -2.02. The van der Waals surface area contributed by atoms with Gasteiger partial charge in [-0.25, -0.2) is 4.98 Å². The van der Waals surface area contributed by atoms with Crippen molar-refractivity contribution in [3.63, 3.8) is 0 Å². The summed E-state index contributed by atoms with van der Waals surface area (Å²) >= 11 is 7.71. The number of halogens is 1. The number of carbonyl (C=O) groups excluding carboxylic acids is 1. The van der Waals surface area contributed by atoms with Crippen LogP contribution in [0.3, 0.4) is 0 Å². The number of nitrogens with zero attached hydrogens (tertiary/aromatic N) is 2. The third kappa shape index (κ3) is 3.32. The van der Waals surface area contributed by atoms with Gasteiger partial charge in [-0.1, -0.05) is 60.1 Å². The van der Waals surface area contributed by atoms with E-state index in [9.17, 15) is 14.9 Å². The lowest BCUT2D eigenvalue weighted by molar-refractivity contribution is -0.384. The zero-order valence-corrected chi connectivity index (χ0v) is 16.0. The predicted octanol–water partition coefficient (Wildman–Crippen LogP) is 5.92. The van der Waals surface area contributed by atoms with Gasteiger partial charge in [-0.05, 0) is 12.1 Å². The minimum atomic E-state index is -0.513. The van der Waals surface area contributed by atoms with Gasteiger partial charge in [0.1, 0.15) is 5.02 Å². The molecule has 0 atom stereocenters. The van der Waals surface area contributed by atoms with Gasteiger partial charge in [0, 0.05) is 27.3 Å². The van der Waals surface area contributed by atoms with Crippen molar-refractivity contribution in [3.8, 4) is 0 Å². The number of thioether (sulfide) groups is 1. The zero-order valence-electron chi connectivity index (χ0n) is 14.5. The Morgan fingerprint density at radius 3 is 2.46 bits per heavy atom. The first-order chi connectivity index (χ1) is 13.6. The molecule has 0 unspecified atom stereocenters. The van der Waals surface area contributed by atoms with Crippen LogP contribution in [0.2, 0.25) is 5.02 Å². The molecule has 1 heterocycles. The maximum absolute atomic E-state index is 12.6. The molecule has 4 rings (SSSR count). The molecule has 4 aromatic rings. The highest BCUT2D eigenvalue weighted by Gasteiger charge is 2.21. The van der Waals surface area contributed by atoms with E-state index in [1.807, 2.05) is 42.5 Å². The molecule has 0 N–H and O–H groups in total. The van der Waals surface area contributed by atoms with Crippen molar-refractivity contribution >= 4 is 56.6 Å². The molecule has 0 fully saturated rings. The van der Waals surface area contributed by atoms with Gasteiger partial charge in [-0.15, -0.1) is 11.8 Å². The Morgan fingerprint density at radius 1 is 1.00 bits per heavy atom. The van der Waals surface area contributed by atoms with Gasteiger partial charge in [-0.2, -0.15) is 0 Å². The van der Waals surface area contributed by atoms with Crippen LogP contribution in [-0.2, 0) is 0 Å². The van der Waals surface area contributed by atoms with Crippen molar-refractivity contribution in [2.75, 3.05) is 5.75 Å². The molecule has 0 aliphatic heterocycles. The van der Waals surface area contributed by atoms with Gasteiger partial charge >= 0.3 is 0 Å². The van der Waals surface area contributed by atoms with Crippen LogP contribution >= 0.6 is 23.4 Å². The number of carbonyl (C=O) groups is 1. The van der Waals surface area contributed by atoms with E-state index >= 15 is 0 Å². The third-order valence-electron chi connectivity index (χ3n) is 4.36. The summed E-state index contributed by atoms with van der Waals surface area (Å²) in [5, 5.41) is 12.7. The van der Waals surface area contributed by atoms with Gasteiger partial charge in [0.2, 0.25) is 0 Å².